The zero-order valence-corrected chi connectivity index (χ0v) is 48.1. The highest BCUT2D eigenvalue weighted by Crippen LogP contribution is 2.16. The molecule has 0 heterocycles. The fourth-order valence-electron chi connectivity index (χ4n) is 7.86. The molecule has 0 aromatic rings. The van der Waals surface area contributed by atoms with Crippen LogP contribution in [0.5, 0.6) is 0 Å². The number of hydrogen-bond donors (Lipinski definition) is 0. The highest BCUT2D eigenvalue weighted by molar-refractivity contribution is 4.52. The van der Waals surface area contributed by atoms with Crippen LogP contribution < -0.4 is 0 Å². The molecule has 0 atom stereocenters. The molecule has 0 amide bonds. The molecule has 0 aromatic carbocycles. The number of unbranched alkanes of at least 4 members (excludes halogenated alkanes) is 45. The van der Waals surface area contributed by atoms with Crippen LogP contribution in [0.3, 0.4) is 0 Å². The maximum Gasteiger partial charge on any atom is -0.0533 e. The van der Waals surface area contributed by atoms with E-state index in [1.54, 1.807) is 0 Å². The van der Waals surface area contributed by atoms with Gasteiger partial charge in [-0.2, -0.15) is 0 Å². The Morgan fingerprint density at radius 3 is 0.171 bits per heavy atom. The van der Waals surface area contributed by atoms with Gasteiger partial charge in [0.15, 0.2) is 0 Å². The Morgan fingerprint density at radius 1 is 0.0921 bits per heavy atom. The topological polar surface area (TPSA) is 0 Å². The second kappa shape index (κ2) is 158. The summed E-state index contributed by atoms with van der Waals surface area (Å²) < 4.78 is 0. The molecule has 0 radical (unpaired) electrons. The Balaban J connectivity index is -0.0000000322. The Hall–Kier alpha value is 0. The van der Waals surface area contributed by atoms with Gasteiger partial charge in [-0.3, -0.25) is 0 Å². The lowest BCUT2D eigenvalue weighted by atomic mass is 10.0. The molecule has 0 fully saturated rings. The van der Waals surface area contributed by atoms with Crippen LogP contribution in [0.25, 0.3) is 0 Å². The third kappa shape index (κ3) is 195. The fourth-order valence-corrected chi connectivity index (χ4v) is 7.86. The standard InChI is InChI=1S/3C18H38.3C3H8.13CH4/c3*1-3-5-7-9-11-13-15-17-18-16-14-12-10-8-6-4-2;3*1-3-2;;;;;;;;;;;;;/h3*3-18H2,1-2H3;3*3H2,1-2H3;13*1H4. The molecule has 0 heteroatoms. The average Bonchev–Trinajstić information content (AvgIpc) is 3.28. The maximum atomic E-state index is 2.29. The predicted molar refractivity (Wildman–Crippen MR) is 391 cm³/mol. The van der Waals surface area contributed by atoms with E-state index in [1.165, 1.54) is 327 Å². The molecule has 0 spiro atoms. The number of hydrogen-bond acceptors (Lipinski definition) is 0. The summed E-state index contributed by atoms with van der Waals surface area (Å²) in [5.74, 6) is 0. The van der Waals surface area contributed by atoms with E-state index in [9.17, 15) is 0 Å². The van der Waals surface area contributed by atoms with Gasteiger partial charge in [0.1, 0.15) is 0 Å². The van der Waals surface area contributed by atoms with Crippen LogP contribution in [-0.4, -0.2) is 0 Å². The van der Waals surface area contributed by atoms with Crippen LogP contribution in [0.4, 0.5) is 0 Å². The molecule has 0 bridgehead atoms. The van der Waals surface area contributed by atoms with Gasteiger partial charge < -0.3 is 0 Å². The molecule has 0 saturated carbocycles. The molecule has 0 unspecified atom stereocenters. The van der Waals surface area contributed by atoms with E-state index < -0.39 is 0 Å². The third-order valence-corrected chi connectivity index (χ3v) is 11.9. The summed E-state index contributed by atoms with van der Waals surface area (Å²) in [4.78, 5) is 0. The largest absolute Gasteiger partial charge is 0.0776 e. The summed E-state index contributed by atoms with van der Waals surface area (Å²) in [5, 5.41) is 0. The Labute approximate surface area is 504 Å². The SMILES string of the molecule is C.C.C.C.C.C.C.C.C.C.C.C.C.CCC.CCC.CCC.CCCCCCCCCCCCCCCCCC.CCCCCCCCCCCCCCCCCC.CCCCCCCCCCCCCCCCCC. The van der Waals surface area contributed by atoms with Crippen molar-refractivity contribution in [2.24, 2.45) is 0 Å². The minimum Gasteiger partial charge on any atom is -0.0776 e. The first-order valence-electron chi connectivity index (χ1n) is 31.0. The van der Waals surface area contributed by atoms with Gasteiger partial charge in [-0.05, 0) is 0 Å². The maximum absolute atomic E-state index is 2.29. The first kappa shape index (κ1) is 132. The van der Waals surface area contributed by atoms with Gasteiger partial charge in [-0.1, -0.05) is 507 Å². The lowest BCUT2D eigenvalue weighted by Gasteiger charge is -2.03. The van der Waals surface area contributed by atoms with Crippen molar-refractivity contribution in [3.8, 4) is 0 Å². The molecule has 0 aliphatic rings. The Kier molecular flexibility index (Phi) is 273. The second-order valence-electron chi connectivity index (χ2n) is 20.0. The van der Waals surface area contributed by atoms with Crippen molar-refractivity contribution in [3.05, 3.63) is 0 Å². The van der Waals surface area contributed by atoms with Gasteiger partial charge in [-0.15, -0.1) is 0 Å². The first-order valence-corrected chi connectivity index (χ1v) is 31.0. The highest BCUT2D eigenvalue weighted by Gasteiger charge is 1.96. The Bertz CT molecular complexity index is 450. The molecular weight excluding hydrogens is 913 g/mol. The minimum absolute atomic E-state index is 0. The first-order chi connectivity index (χ1) is 31.0. The van der Waals surface area contributed by atoms with Crippen molar-refractivity contribution >= 4 is 0 Å². The zero-order valence-electron chi connectivity index (χ0n) is 48.1. The predicted octanol–water partition coefficient (Wildman–Crippen LogP) is 34.3. The van der Waals surface area contributed by atoms with Crippen LogP contribution in [0.15, 0.2) is 0 Å². The summed E-state index contributed by atoms with van der Waals surface area (Å²) in [6.45, 7) is 26.5. The van der Waals surface area contributed by atoms with Crippen LogP contribution in [0.1, 0.15) is 507 Å². The van der Waals surface area contributed by atoms with Crippen LogP contribution in [0.2, 0.25) is 0 Å². The molecule has 0 nitrogen and oxygen atoms in total. The molecule has 0 saturated heterocycles. The fraction of sp³-hybridized carbons (Fsp3) is 1.00. The van der Waals surface area contributed by atoms with Crippen LogP contribution >= 0.6 is 0 Å². The summed E-state index contributed by atoms with van der Waals surface area (Å²) in [6.07, 6.45) is 74.0. The minimum atomic E-state index is 0. The smallest absolute Gasteiger partial charge is 0.0533 e. The normalized spacial score (nSPS) is 8.53. The summed E-state index contributed by atoms with van der Waals surface area (Å²) in [5.41, 5.74) is 0. The van der Waals surface area contributed by atoms with Gasteiger partial charge in [0, 0.05) is 0 Å². The molecular formula is C76H190. The summed E-state index contributed by atoms with van der Waals surface area (Å²) >= 11 is 0. The zero-order chi connectivity index (χ0) is 48.1. The summed E-state index contributed by atoms with van der Waals surface area (Å²) in [6, 6.07) is 0. The van der Waals surface area contributed by atoms with Crippen molar-refractivity contribution in [1.82, 2.24) is 0 Å². The van der Waals surface area contributed by atoms with E-state index in [-0.39, 0.29) is 96.5 Å². The highest BCUT2D eigenvalue weighted by atomic mass is 14.0. The van der Waals surface area contributed by atoms with E-state index in [2.05, 4.69) is 83.1 Å². The molecule has 0 aliphatic heterocycles. The molecule has 0 N–H and O–H groups in total. The van der Waals surface area contributed by atoms with Crippen LogP contribution in [0, 0.1) is 0 Å². The van der Waals surface area contributed by atoms with E-state index >= 15 is 0 Å². The molecule has 0 aliphatic carbocycles. The van der Waals surface area contributed by atoms with Crippen molar-refractivity contribution < 1.29 is 0 Å². The van der Waals surface area contributed by atoms with Gasteiger partial charge in [0.2, 0.25) is 0 Å². The van der Waals surface area contributed by atoms with E-state index in [0.29, 0.717) is 0 Å². The van der Waals surface area contributed by atoms with Gasteiger partial charge in [0.05, 0.1) is 0 Å². The lowest BCUT2D eigenvalue weighted by molar-refractivity contribution is 0.531. The van der Waals surface area contributed by atoms with Crippen molar-refractivity contribution in [2.45, 2.75) is 507 Å². The molecule has 76 heavy (non-hydrogen) atoms. The quantitative estimate of drug-likeness (QED) is 0.0533. The van der Waals surface area contributed by atoms with Gasteiger partial charge >= 0.3 is 0 Å². The summed E-state index contributed by atoms with van der Waals surface area (Å²) in [7, 11) is 0. The second-order valence-corrected chi connectivity index (χ2v) is 20.0. The van der Waals surface area contributed by atoms with Gasteiger partial charge in [0.25, 0.3) is 0 Å². The van der Waals surface area contributed by atoms with Crippen molar-refractivity contribution in [3.63, 3.8) is 0 Å². The van der Waals surface area contributed by atoms with E-state index in [4.69, 9.17) is 0 Å². The molecule has 0 aromatic heterocycles. The monoisotopic (exact) mass is 1100 g/mol. The average molecular weight is 1100 g/mol. The van der Waals surface area contributed by atoms with Crippen molar-refractivity contribution in [1.29, 1.82) is 0 Å². The number of rotatable bonds is 45. The molecule has 494 valence electrons. The van der Waals surface area contributed by atoms with Gasteiger partial charge in [-0.25, -0.2) is 0 Å². The van der Waals surface area contributed by atoms with Crippen molar-refractivity contribution in [2.75, 3.05) is 0 Å². The lowest BCUT2D eigenvalue weighted by Crippen LogP contribution is -1.83. The third-order valence-electron chi connectivity index (χ3n) is 11.9. The van der Waals surface area contributed by atoms with Crippen LogP contribution in [-0.2, 0) is 0 Å². The molecule has 0 rings (SSSR count). The van der Waals surface area contributed by atoms with E-state index in [0.717, 1.165) is 0 Å². The Morgan fingerprint density at radius 2 is 0.132 bits per heavy atom. The van der Waals surface area contributed by atoms with E-state index in [1.807, 2.05) is 0 Å².